The molecule has 2 fully saturated rings. The summed E-state index contributed by atoms with van der Waals surface area (Å²) in [6.07, 6.45) is 3.67. The third-order valence-electron chi connectivity index (χ3n) is 4.84. The number of halogens is 1. The van der Waals surface area contributed by atoms with Gasteiger partial charge in [-0.15, -0.1) is 0 Å². The molecule has 1 aromatic rings. The van der Waals surface area contributed by atoms with E-state index in [2.05, 4.69) is 4.90 Å². The van der Waals surface area contributed by atoms with Crippen molar-refractivity contribution in [2.75, 3.05) is 45.6 Å². The van der Waals surface area contributed by atoms with E-state index < -0.39 is 0 Å². The molecule has 5 nitrogen and oxygen atoms in total. The Bertz CT molecular complexity index is 587. The van der Waals surface area contributed by atoms with Crippen LogP contribution in [0.3, 0.4) is 0 Å². The first-order chi connectivity index (χ1) is 11.1. The van der Waals surface area contributed by atoms with E-state index in [0.717, 1.165) is 26.1 Å². The van der Waals surface area contributed by atoms with Crippen LogP contribution in [0.15, 0.2) is 12.1 Å². The van der Waals surface area contributed by atoms with Gasteiger partial charge in [0.25, 0.3) is 5.91 Å². The van der Waals surface area contributed by atoms with Gasteiger partial charge in [0.2, 0.25) is 0 Å². The maximum Gasteiger partial charge on any atom is 0.257 e. The van der Waals surface area contributed by atoms with Gasteiger partial charge in [0.05, 0.1) is 23.4 Å². The van der Waals surface area contributed by atoms with E-state index >= 15 is 0 Å². The van der Waals surface area contributed by atoms with Crippen molar-refractivity contribution >= 4 is 23.2 Å². The number of nitrogen functional groups attached to an aromatic ring is 1. The minimum Gasteiger partial charge on any atom is -0.496 e. The van der Waals surface area contributed by atoms with Crippen LogP contribution in [-0.4, -0.2) is 55.5 Å². The average molecular weight is 338 g/mol. The van der Waals surface area contributed by atoms with E-state index in [0.29, 0.717) is 27.9 Å². The number of methoxy groups -OCH3 is 1. The second-order valence-electron chi connectivity index (χ2n) is 6.49. The smallest absolute Gasteiger partial charge is 0.257 e. The predicted octanol–water partition coefficient (Wildman–Crippen LogP) is 2.49. The zero-order chi connectivity index (χ0) is 16.4. The van der Waals surface area contributed by atoms with Crippen LogP contribution in [0.25, 0.3) is 0 Å². The number of anilines is 1. The highest BCUT2D eigenvalue weighted by Gasteiger charge is 2.30. The minimum atomic E-state index is -0.0207. The number of likely N-dealkylation sites (tertiary alicyclic amines) is 2. The maximum absolute atomic E-state index is 12.8. The molecule has 2 heterocycles. The van der Waals surface area contributed by atoms with Gasteiger partial charge in [-0.2, -0.15) is 0 Å². The SMILES string of the molecule is COc1cc(N)c(Cl)cc1C(=O)N1CCC(CN2CCCC2)C1. The molecule has 0 bridgehead atoms. The second-order valence-corrected chi connectivity index (χ2v) is 6.89. The fourth-order valence-electron chi connectivity index (χ4n) is 3.57. The van der Waals surface area contributed by atoms with Crippen LogP contribution in [0.2, 0.25) is 5.02 Å². The first kappa shape index (κ1) is 16.4. The normalized spacial score (nSPS) is 21.8. The molecule has 126 valence electrons. The zero-order valence-electron chi connectivity index (χ0n) is 13.6. The fourth-order valence-corrected chi connectivity index (χ4v) is 3.74. The molecule has 2 aliphatic rings. The third-order valence-corrected chi connectivity index (χ3v) is 5.16. The molecule has 23 heavy (non-hydrogen) atoms. The predicted molar refractivity (Wildman–Crippen MR) is 92.1 cm³/mol. The van der Waals surface area contributed by atoms with Gasteiger partial charge in [0.1, 0.15) is 5.75 Å². The van der Waals surface area contributed by atoms with Gasteiger partial charge in [0, 0.05) is 25.7 Å². The summed E-state index contributed by atoms with van der Waals surface area (Å²) in [7, 11) is 1.54. The van der Waals surface area contributed by atoms with Gasteiger partial charge >= 0.3 is 0 Å². The van der Waals surface area contributed by atoms with Crippen LogP contribution >= 0.6 is 11.6 Å². The van der Waals surface area contributed by atoms with Crippen LogP contribution in [0.5, 0.6) is 5.75 Å². The average Bonchev–Trinajstić information content (AvgIpc) is 3.21. The van der Waals surface area contributed by atoms with Crippen LogP contribution in [0, 0.1) is 5.92 Å². The first-order valence-electron chi connectivity index (χ1n) is 8.23. The molecule has 0 spiro atoms. The highest BCUT2D eigenvalue weighted by Crippen LogP contribution is 2.31. The molecule has 0 radical (unpaired) electrons. The molecule has 0 aliphatic carbocycles. The number of nitrogens with zero attached hydrogens (tertiary/aromatic N) is 2. The highest BCUT2D eigenvalue weighted by molar-refractivity contribution is 6.33. The monoisotopic (exact) mass is 337 g/mol. The molecule has 1 unspecified atom stereocenters. The molecule has 2 saturated heterocycles. The Kier molecular flexibility index (Phi) is 4.97. The summed E-state index contributed by atoms with van der Waals surface area (Å²) in [6.45, 7) is 5.10. The molecule has 2 N–H and O–H groups in total. The molecule has 0 saturated carbocycles. The lowest BCUT2D eigenvalue weighted by Gasteiger charge is -2.21. The van der Waals surface area contributed by atoms with Crippen molar-refractivity contribution in [1.29, 1.82) is 0 Å². The summed E-state index contributed by atoms with van der Waals surface area (Å²) in [5.74, 6) is 1.03. The Morgan fingerprint density at radius 1 is 1.35 bits per heavy atom. The fraction of sp³-hybridized carbons (Fsp3) is 0.588. The molecule has 0 aromatic heterocycles. The number of carbonyl (C=O) groups is 1. The van der Waals surface area contributed by atoms with Gasteiger partial charge < -0.3 is 20.3 Å². The number of rotatable bonds is 4. The lowest BCUT2D eigenvalue weighted by atomic mass is 10.1. The number of nitrogens with two attached hydrogens (primary N) is 1. The van der Waals surface area contributed by atoms with Crippen LogP contribution in [0.4, 0.5) is 5.69 Å². The second kappa shape index (κ2) is 6.97. The van der Waals surface area contributed by atoms with E-state index in [-0.39, 0.29) is 5.91 Å². The zero-order valence-corrected chi connectivity index (χ0v) is 14.3. The van der Waals surface area contributed by atoms with Crippen LogP contribution < -0.4 is 10.5 Å². The summed E-state index contributed by atoms with van der Waals surface area (Å²) in [6, 6.07) is 3.24. The first-order valence-corrected chi connectivity index (χ1v) is 8.61. The van der Waals surface area contributed by atoms with Crippen molar-refractivity contribution in [3.05, 3.63) is 22.7 Å². The van der Waals surface area contributed by atoms with Gasteiger partial charge in [-0.05, 0) is 44.3 Å². The van der Waals surface area contributed by atoms with E-state index in [1.807, 2.05) is 4.90 Å². The summed E-state index contributed by atoms with van der Waals surface area (Å²) in [5, 5.41) is 0.391. The molecule has 1 atom stereocenters. The van der Waals surface area contributed by atoms with Gasteiger partial charge in [-0.25, -0.2) is 0 Å². The largest absolute Gasteiger partial charge is 0.496 e. The quantitative estimate of drug-likeness (QED) is 0.858. The standard InChI is InChI=1S/C17H24ClN3O2/c1-23-16-9-15(19)14(18)8-13(16)17(22)21-7-4-12(11-21)10-20-5-2-3-6-20/h8-9,12H,2-7,10-11,19H2,1H3. The molecule has 1 aromatic carbocycles. The lowest BCUT2D eigenvalue weighted by Crippen LogP contribution is -2.32. The van der Waals surface area contributed by atoms with Crippen molar-refractivity contribution in [3.63, 3.8) is 0 Å². The molecule has 3 rings (SSSR count). The Balaban J connectivity index is 1.68. The third kappa shape index (κ3) is 3.56. The number of hydrogen-bond donors (Lipinski definition) is 1. The van der Waals surface area contributed by atoms with Crippen molar-refractivity contribution in [2.24, 2.45) is 5.92 Å². The maximum atomic E-state index is 12.8. The Morgan fingerprint density at radius 3 is 2.78 bits per heavy atom. The number of carbonyl (C=O) groups excluding carboxylic acids is 1. The van der Waals surface area contributed by atoms with Crippen molar-refractivity contribution in [3.8, 4) is 5.75 Å². The Morgan fingerprint density at radius 2 is 2.09 bits per heavy atom. The minimum absolute atomic E-state index is 0.0207. The van der Waals surface area contributed by atoms with Crippen molar-refractivity contribution < 1.29 is 9.53 Å². The lowest BCUT2D eigenvalue weighted by molar-refractivity contribution is 0.0781. The topological polar surface area (TPSA) is 58.8 Å². The van der Waals surface area contributed by atoms with Gasteiger partial charge in [-0.1, -0.05) is 11.6 Å². The Labute approximate surface area is 142 Å². The number of hydrogen-bond acceptors (Lipinski definition) is 4. The number of ether oxygens (including phenoxy) is 1. The molecular weight excluding hydrogens is 314 g/mol. The van der Waals surface area contributed by atoms with Crippen LogP contribution in [-0.2, 0) is 0 Å². The number of amides is 1. The molecule has 6 heteroatoms. The van der Waals surface area contributed by atoms with Gasteiger partial charge in [0.15, 0.2) is 0 Å². The summed E-state index contributed by atoms with van der Waals surface area (Å²) in [5.41, 5.74) is 6.71. The van der Waals surface area contributed by atoms with Crippen molar-refractivity contribution in [1.82, 2.24) is 9.80 Å². The van der Waals surface area contributed by atoms with E-state index in [1.54, 1.807) is 19.2 Å². The molecule has 2 aliphatic heterocycles. The van der Waals surface area contributed by atoms with Crippen molar-refractivity contribution in [2.45, 2.75) is 19.3 Å². The molecular formula is C17H24ClN3O2. The Hall–Kier alpha value is -1.46. The van der Waals surface area contributed by atoms with Crippen LogP contribution in [0.1, 0.15) is 29.6 Å². The summed E-state index contributed by atoms with van der Waals surface area (Å²) >= 11 is 6.08. The number of benzene rings is 1. The molecule has 1 amide bonds. The summed E-state index contributed by atoms with van der Waals surface area (Å²) < 4.78 is 5.30. The van der Waals surface area contributed by atoms with E-state index in [1.165, 1.54) is 25.9 Å². The van der Waals surface area contributed by atoms with E-state index in [9.17, 15) is 4.79 Å². The van der Waals surface area contributed by atoms with Gasteiger partial charge in [-0.3, -0.25) is 4.79 Å². The summed E-state index contributed by atoms with van der Waals surface area (Å²) in [4.78, 5) is 17.2. The van der Waals surface area contributed by atoms with E-state index in [4.69, 9.17) is 22.1 Å². The highest BCUT2D eigenvalue weighted by atomic mass is 35.5.